The molecule has 0 atom stereocenters. The molecule has 1 aliphatic rings. The summed E-state index contributed by atoms with van der Waals surface area (Å²) in [6, 6.07) is 0. The van der Waals surface area contributed by atoms with E-state index in [1.54, 1.807) is 0 Å². The second-order valence-corrected chi connectivity index (χ2v) is 4.11. The molecule has 0 aromatic carbocycles. The van der Waals surface area contributed by atoms with E-state index < -0.39 is 0 Å². The van der Waals surface area contributed by atoms with Crippen LogP contribution in [0.3, 0.4) is 0 Å². The summed E-state index contributed by atoms with van der Waals surface area (Å²) in [5.41, 5.74) is 2.70. The monoisotopic (exact) mass is 200 g/mol. The molecule has 4 nitrogen and oxygen atoms in total. The van der Waals surface area contributed by atoms with Crippen LogP contribution < -0.4 is 5.48 Å². The Bertz CT molecular complexity index is 177. The first-order chi connectivity index (χ1) is 6.70. The van der Waals surface area contributed by atoms with Crippen LogP contribution in [-0.4, -0.2) is 37.0 Å². The topological polar surface area (TPSA) is 41.6 Å². The van der Waals surface area contributed by atoms with Crippen molar-refractivity contribution < 1.29 is 9.63 Å². The molecule has 1 aliphatic heterocycles. The SMILES string of the molecule is CC(C)CONCC(=O)N1CCCC1. The van der Waals surface area contributed by atoms with Crippen molar-refractivity contribution >= 4 is 5.91 Å². The van der Waals surface area contributed by atoms with Gasteiger partial charge in [-0.1, -0.05) is 13.8 Å². The molecular formula is C10H20N2O2. The van der Waals surface area contributed by atoms with E-state index in [-0.39, 0.29) is 5.91 Å². The van der Waals surface area contributed by atoms with Crippen molar-refractivity contribution in [2.24, 2.45) is 5.92 Å². The first kappa shape index (κ1) is 11.5. The molecule has 0 spiro atoms. The van der Waals surface area contributed by atoms with E-state index in [0.29, 0.717) is 19.1 Å². The number of hydroxylamine groups is 1. The number of carbonyl (C=O) groups is 1. The summed E-state index contributed by atoms with van der Waals surface area (Å²) in [6.07, 6.45) is 2.27. The molecule has 1 fully saturated rings. The van der Waals surface area contributed by atoms with E-state index in [4.69, 9.17) is 4.84 Å². The first-order valence-corrected chi connectivity index (χ1v) is 5.32. The molecule has 0 saturated carbocycles. The van der Waals surface area contributed by atoms with Gasteiger partial charge in [0.1, 0.15) is 6.54 Å². The van der Waals surface area contributed by atoms with Gasteiger partial charge in [0.05, 0.1) is 6.61 Å². The minimum Gasteiger partial charge on any atom is -0.342 e. The molecule has 0 bridgehead atoms. The Hall–Kier alpha value is -0.610. The number of carbonyl (C=O) groups excluding carboxylic acids is 1. The van der Waals surface area contributed by atoms with Crippen LogP contribution in [0.25, 0.3) is 0 Å². The van der Waals surface area contributed by atoms with E-state index in [0.717, 1.165) is 25.9 Å². The van der Waals surface area contributed by atoms with Crippen LogP contribution in [0.1, 0.15) is 26.7 Å². The molecule has 14 heavy (non-hydrogen) atoms. The van der Waals surface area contributed by atoms with Gasteiger partial charge in [0.2, 0.25) is 5.91 Å². The third-order valence-corrected chi connectivity index (χ3v) is 2.20. The fourth-order valence-corrected chi connectivity index (χ4v) is 1.42. The highest BCUT2D eigenvalue weighted by Gasteiger charge is 2.16. The van der Waals surface area contributed by atoms with E-state index in [1.807, 2.05) is 4.90 Å². The second kappa shape index (κ2) is 5.98. The molecular weight excluding hydrogens is 180 g/mol. The molecule has 1 amide bonds. The lowest BCUT2D eigenvalue weighted by atomic mass is 10.2. The molecule has 1 rings (SSSR count). The minimum absolute atomic E-state index is 0.145. The lowest BCUT2D eigenvalue weighted by Gasteiger charge is -2.15. The predicted molar refractivity (Wildman–Crippen MR) is 54.6 cm³/mol. The van der Waals surface area contributed by atoms with Gasteiger partial charge in [-0.2, -0.15) is 5.48 Å². The smallest absolute Gasteiger partial charge is 0.238 e. The zero-order valence-corrected chi connectivity index (χ0v) is 9.08. The van der Waals surface area contributed by atoms with Crippen molar-refractivity contribution in [3.05, 3.63) is 0 Å². The van der Waals surface area contributed by atoms with Gasteiger partial charge >= 0.3 is 0 Å². The fourth-order valence-electron chi connectivity index (χ4n) is 1.42. The highest BCUT2D eigenvalue weighted by molar-refractivity contribution is 5.78. The Kier molecular flexibility index (Phi) is 4.90. The summed E-state index contributed by atoms with van der Waals surface area (Å²) >= 11 is 0. The highest BCUT2D eigenvalue weighted by atomic mass is 16.6. The largest absolute Gasteiger partial charge is 0.342 e. The molecule has 82 valence electrons. The van der Waals surface area contributed by atoms with Crippen molar-refractivity contribution in [1.29, 1.82) is 0 Å². The van der Waals surface area contributed by atoms with Crippen molar-refractivity contribution in [3.8, 4) is 0 Å². The van der Waals surface area contributed by atoms with Gasteiger partial charge in [0.15, 0.2) is 0 Å². The van der Waals surface area contributed by atoms with Gasteiger partial charge in [0.25, 0.3) is 0 Å². The number of amides is 1. The third-order valence-electron chi connectivity index (χ3n) is 2.20. The lowest BCUT2D eigenvalue weighted by molar-refractivity contribution is -0.132. The molecule has 0 radical (unpaired) electrons. The number of nitrogens with zero attached hydrogens (tertiary/aromatic N) is 1. The zero-order valence-electron chi connectivity index (χ0n) is 9.08. The molecule has 0 aromatic rings. The highest BCUT2D eigenvalue weighted by Crippen LogP contribution is 2.06. The molecule has 1 saturated heterocycles. The molecule has 1 heterocycles. The summed E-state index contributed by atoms with van der Waals surface area (Å²) in [6.45, 7) is 6.91. The molecule has 4 heteroatoms. The zero-order chi connectivity index (χ0) is 10.4. The van der Waals surface area contributed by atoms with Crippen molar-refractivity contribution in [2.75, 3.05) is 26.2 Å². The second-order valence-electron chi connectivity index (χ2n) is 4.11. The third kappa shape index (κ3) is 4.07. The number of hydrogen-bond donors (Lipinski definition) is 1. The maximum absolute atomic E-state index is 11.5. The predicted octanol–water partition coefficient (Wildman–Crippen LogP) is 0.786. The Morgan fingerprint density at radius 2 is 2.07 bits per heavy atom. The molecule has 0 aliphatic carbocycles. The normalized spacial score (nSPS) is 16.6. The van der Waals surface area contributed by atoms with Gasteiger partial charge in [0, 0.05) is 13.1 Å². The molecule has 0 unspecified atom stereocenters. The first-order valence-electron chi connectivity index (χ1n) is 5.32. The van der Waals surface area contributed by atoms with Crippen LogP contribution in [0.4, 0.5) is 0 Å². The Morgan fingerprint density at radius 3 is 2.64 bits per heavy atom. The summed E-state index contributed by atoms with van der Waals surface area (Å²) in [5, 5.41) is 0. The average Bonchev–Trinajstić information content (AvgIpc) is 2.64. The van der Waals surface area contributed by atoms with Crippen LogP contribution >= 0.6 is 0 Å². The fraction of sp³-hybridized carbons (Fsp3) is 0.900. The maximum atomic E-state index is 11.5. The maximum Gasteiger partial charge on any atom is 0.238 e. The summed E-state index contributed by atoms with van der Waals surface area (Å²) in [5.74, 6) is 0.635. The Labute approximate surface area is 85.6 Å². The van der Waals surface area contributed by atoms with Crippen LogP contribution in [-0.2, 0) is 9.63 Å². The van der Waals surface area contributed by atoms with Crippen molar-refractivity contribution in [2.45, 2.75) is 26.7 Å². The summed E-state index contributed by atoms with van der Waals surface area (Å²) in [4.78, 5) is 18.5. The minimum atomic E-state index is 0.145. The van der Waals surface area contributed by atoms with Crippen LogP contribution in [0.5, 0.6) is 0 Å². The number of hydrogen-bond acceptors (Lipinski definition) is 3. The number of nitrogens with one attached hydrogen (secondary N) is 1. The van der Waals surface area contributed by atoms with Gasteiger partial charge in [-0.3, -0.25) is 4.79 Å². The van der Waals surface area contributed by atoms with E-state index in [9.17, 15) is 4.79 Å². The van der Waals surface area contributed by atoms with Gasteiger partial charge < -0.3 is 9.74 Å². The van der Waals surface area contributed by atoms with Crippen LogP contribution in [0.15, 0.2) is 0 Å². The Morgan fingerprint density at radius 1 is 1.43 bits per heavy atom. The lowest BCUT2D eigenvalue weighted by Crippen LogP contribution is -2.36. The van der Waals surface area contributed by atoms with Crippen LogP contribution in [0.2, 0.25) is 0 Å². The van der Waals surface area contributed by atoms with E-state index in [2.05, 4.69) is 19.3 Å². The summed E-state index contributed by atoms with van der Waals surface area (Å²) < 4.78 is 0. The molecule has 1 N–H and O–H groups in total. The molecule has 0 aromatic heterocycles. The van der Waals surface area contributed by atoms with Gasteiger partial charge in [-0.05, 0) is 18.8 Å². The van der Waals surface area contributed by atoms with E-state index >= 15 is 0 Å². The van der Waals surface area contributed by atoms with Crippen LogP contribution in [0, 0.1) is 5.92 Å². The van der Waals surface area contributed by atoms with E-state index in [1.165, 1.54) is 0 Å². The van der Waals surface area contributed by atoms with Gasteiger partial charge in [-0.25, -0.2) is 0 Å². The standard InChI is InChI=1S/C10H20N2O2/c1-9(2)8-14-11-7-10(13)12-5-3-4-6-12/h9,11H,3-8H2,1-2H3. The Balaban J connectivity index is 2.03. The average molecular weight is 200 g/mol. The number of likely N-dealkylation sites (tertiary alicyclic amines) is 1. The van der Waals surface area contributed by atoms with Crippen molar-refractivity contribution in [3.63, 3.8) is 0 Å². The van der Waals surface area contributed by atoms with Gasteiger partial charge in [-0.15, -0.1) is 0 Å². The number of rotatable bonds is 5. The van der Waals surface area contributed by atoms with Crippen molar-refractivity contribution in [1.82, 2.24) is 10.4 Å². The quantitative estimate of drug-likeness (QED) is 0.527. The summed E-state index contributed by atoms with van der Waals surface area (Å²) in [7, 11) is 0.